The molecule has 1 unspecified atom stereocenters. The van der Waals surface area contributed by atoms with Crippen LogP contribution in [0.2, 0.25) is 19.6 Å². The van der Waals surface area contributed by atoms with E-state index in [2.05, 4.69) is 72.1 Å². The number of allylic oxidation sites excluding steroid dienone is 2. The van der Waals surface area contributed by atoms with Crippen molar-refractivity contribution in [3.63, 3.8) is 0 Å². The summed E-state index contributed by atoms with van der Waals surface area (Å²) < 4.78 is 24.7. The Hall–Kier alpha value is -3.80. The van der Waals surface area contributed by atoms with Gasteiger partial charge in [-0.15, -0.1) is 59.7 Å². The van der Waals surface area contributed by atoms with E-state index in [4.69, 9.17) is 1.37 Å². The fourth-order valence-corrected chi connectivity index (χ4v) is 7.80. The van der Waals surface area contributed by atoms with Gasteiger partial charge >= 0.3 is 0 Å². The third-order valence-corrected chi connectivity index (χ3v) is 11.2. The van der Waals surface area contributed by atoms with Crippen LogP contribution in [-0.4, -0.2) is 18.0 Å². The fourth-order valence-electron chi connectivity index (χ4n) is 5.52. The van der Waals surface area contributed by atoms with Crippen LogP contribution in [-0.2, 0) is 20.1 Å². The Morgan fingerprint density at radius 2 is 1.70 bits per heavy atom. The Kier molecular flexibility index (Phi) is 10.2. The number of pyridine rings is 2. The molecule has 0 N–H and O–H groups in total. The Morgan fingerprint density at radius 3 is 2.40 bits per heavy atom. The monoisotopic (exact) mass is 830 g/mol. The summed E-state index contributed by atoms with van der Waals surface area (Å²) in [5.41, 5.74) is 5.81. The Labute approximate surface area is 297 Å². The average molecular weight is 830 g/mol. The minimum atomic E-state index is -1.23. The van der Waals surface area contributed by atoms with Crippen molar-refractivity contribution >= 4 is 55.5 Å². The molecule has 1 atom stereocenters. The van der Waals surface area contributed by atoms with E-state index < -0.39 is 14.0 Å². The Morgan fingerprint density at radius 1 is 0.872 bits per heavy atom. The van der Waals surface area contributed by atoms with E-state index in [0.29, 0.717) is 0 Å². The second-order valence-electron chi connectivity index (χ2n) is 12.8. The van der Waals surface area contributed by atoms with E-state index in [1.54, 1.807) is 23.6 Å². The van der Waals surface area contributed by atoms with E-state index in [1.165, 1.54) is 11.3 Å². The molecule has 0 amide bonds. The molecule has 1 radical (unpaired) electrons. The molecule has 0 bridgehead atoms. The van der Waals surface area contributed by atoms with Crippen LogP contribution in [0.25, 0.3) is 53.5 Å². The van der Waals surface area contributed by atoms with Crippen molar-refractivity contribution in [2.75, 3.05) is 0 Å². The van der Waals surface area contributed by atoms with Crippen molar-refractivity contribution in [3.05, 3.63) is 139 Å². The van der Waals surface area contributed by atoms with Crippen LogP contribution in [0.5, 0.6) is 0 Å². The average Bonchev–Trinajstić information content (AvgIpc) is 3.41. The molecule has 0 aliphatic carbocycles. The minimum Gasteiger partial charge on any atom is -0.305 e. The standard InChI is InChI=1S/C27H21FNS.C14H16NSi.Ir/c1-16(2)11-17(3)18-9-10-29-25(14-18)23-6-4-5-22-24-13-19-7-8-21(28)12-20(19)15-26(24)30-27(22)23;1-16(2,3)13-9-10-14(15-11-13)12-7-5-4-6-8-12;/h4-5,7-15,17H,1-3H3;4-7,9-11H,1-3H3;/q2*-1;/i17D;;. The first-order chi connectivity index (χ1) is 22.4. The molecule has 7 rings (SSSR count). The van der Waals surface area contributed by atoms with Crippen LogP contribution < -0.4 is 5.19 Å². The van der Waals surface area contributed by atoms with Gasteiger partial charge in [0.15, 0.2) is 0 Å². The number of aromatic nitrogens is 2. The van der Waals surface area contributed by atoms with Gasteiger partial charge in [-0.05, 0) is 93.1 Å². The molecule has 4 aromatic carbocycles. The number of nitrogens with zero attached hydrogens (tertiary/aromatic N) is 2. The summed E-state index contributed by atoms with van der Waals surface area (Å²) in [4.78, 5) is 9.13. The third-order valence-electron chi connectivity index (χ3n) is 7.94. The predicted octanol–water partition coefficient (Wildman–Crippen LogP) is 11.4. The van der Waals surface area contributed by atoms with Crippen molar-refractivity contribution in [1.82, 2.24) is 9.97 Å². The Balaban J connectivity index is 0.000000224. The van der Waals surface area contributed by atoms with E-state index >= 15 is 0 Å². The number of hydrogen-bond acceptors (Lipinski definition) is 3. The molecule has 0 fully saturated rings. The van der Waals surface area contributed by atoms with Gasteiger partial charge in [0.2, 0.25) is 0 Å². The Bertz CT molecular complexity index is 2240. The van der Waals surface area contributed by atoms with Crippen LogP contribution in [0.3, 0.4) is 0 Å². The largest absolute Gasteiger partial charge is 0.305 e. The molecule has 7 aromatic rings. The zero-order chi connectivity index (χ0) is 33.3. The summed E-state index contributed by atoms with van der Waals surface area (Å²) in [5.74, 6) is -1.05. The summed E-state index contributed by atoms with van der Waals surface area (Å²) in [7, 11) is -1.23. The first-order valence-electron chi connectivity index (χ1n) is 15.9. The van der Waals surface area contributed by atoms with Gasteiger partial charge in [0.1, 0.15) is 5.82 Å². The number of benzene rings is 4. The summed E-state index contributed by atoms with van der Waals surface area (Å²) in [5, 5.41) is 5.61. The minimum absolute atomic E-state index is 0. The maximum absolute atomic E-state index is 13.7. The van der Waals surface area contributed by atoms with Gasteiger partial charge < -0.3 is 9.97 Å². The molecular formula is C41H37FIrN2SSi-2. The van der Waals surface area contributed by atoms with Gasteiger partial charge in [-0.25, -0.2) is 4.39 Å². The van der Waals surface area contributed by atoms with Gasteiger partial charge in [0.05, 0.1) is 8.07 Å². The third kappa shape index (κ3) is 7.85. The number of halogens is 1. The van der Waals surface area contributed by atoms with Crippen LogP contribution in [0.15, 0.2) is 115 Å². The summed E-state index contributed by atoms with van der Waals surface area (Å²) in [6, 6.07) is 35.8. The van der Waals surface area contributed by atoms with Crippen LogP contribution in [0.4, 0.5) is 4.39 Å². The maximum atomic E-state index is 13.7. The second kappa shape index (κ2) is 14.5. The molecule has 47 heavy (non-hydrogen) atoms. The van der Waals surface area contributed by atoms with Crippen molar-refractivity contribution in [2.24, 2.45) is 0 Å². The molecule has 0 spiro atoms. The second-order valence-corrected chi connectivity index (χ2v) is 19.0. The summed E-state index contributed by atoms with van der Waals surface area (Å²) in [6.45, 7) is 12.9. The molecular weight excluding hydrogens is 792 g/mol. The molecule has 3 aromatic heterocycles. The van der Waals surface area contributed by atoms with Crippen molar-refractivity contribution in [3.8, 4) is 22.5 Å². The first kappa shape index (κ1) is 33.1. The molecule has 0 aliphatic heterocycles. The van der Waals surface area contributed by atoms with Gasteiger partial charge in [-0.2, -0.15) is 11.3 Å². The SMILES string of the molecule is C[Si](C)(C)c1ccc(-c2[c-]cccc2)nc1.[2H]C(C)(C=C(C)C)c1ccnc(-c2[c-]ccc3c2sc2cc4cc(F)ccc4cc23)c1.[Ir]. The van der Waals surface area contributed by atoms with Gasteiger partial charge in [0, 0.05) is 38.6 Å². The smallest absolute Gasteiger partial charge is 0.123 e. The van der Waals surface area contributed by atoms with E-state index in [0.717, 1.165) is 64.6 Å². The predicted molar refractivity (Wildman–Crippen MR) is 198 cm³/mol. The molecule has 0 saturated carbocycles. The molecule has 3 heterocycles. The number of thiophene rings is 1. The van der Waals surface area contributed by atoms with E-state index in [-0.39, 0.29) is 25.9 Å². The molecule has 2 nitrogen and oxygen atoms in total. The van der Waals surface area contributed by atoms with Crippen molar-refractivity contribution in [1.29, 1.82) is 0 Å². The normalized spacial score (nSPS) is 12.9. The number of fused-ring (bicyclic) bond motifs is 4. The van der Waals surface area contributed by atoms with E-state index in [1.807, 2.05) is 81.6 Å². The molecule has 0 aliphatic rings. The van der Waals surface area contributed by atoms with Crippen LogP contribution in [0.1, 0.15) is 33.6 Å². The maximum Gasteiger partial charge on any atom is 0.123 e. The van der Waals surface area contributed by atoms with Crippen LogP contribution in [0, 0.1) is 17.9 Å². The fraction of sp³-hybridized carbons (Fsp3) is 0.171. The summed E-state index contributed by atoms with van der Waals surface area (Å²) in [6.07, 6.45) is 5.75. The van der Waals surface area contributed by atoms with E-state index in [9.17, 15) is 4.39 Å². The molecule has 239 valence electrons. The van der Waals surface area contributed by atoms with Crippen molar-refractivity contribution < 1.29 is 25.9 Å². The van der Waals surface area contributed by atoms with Gasteiger partial charge in [-0.3, -0.25) is 0 Å². The number of hydrogen-bond donors (Lipinski definition) is 0. The first-order valence-corrected chi connectivity index (χ1v) is 19.7. The van der Waals surface area contributed by atoms with Crippen LogP contribution >= 0.6 is 11.3 Å². The van der Waals surface area contributed by atoms with Crippen molar-refractivity contribution in [2.45, 2.75) is 46.3 Å². The van der Waals surface area contributed by atoms with Gasteiger partial charge in [0.25, 0.3) is 0 Å². The topological polar surface area (TPSA) is 25.8 Å². The zero-order valence-electron chi connectivity index (χ0n) is 28.4. The van der Waals surface area contributed by atoms with Gasteiger partial charge in [-0.1, -0.05) is 67.9 Å². The zero-order valence-corrected chi connectivity index (χ0v) is 31.6. The molecule has 0 saturated heterocycles. The molecule has 6 heteroatoms. The quantitative estimate of drug-likeness (QED) is 0.0981. The summed E-state index contributed by atoms with van der Waals surface area (Å²) >= 11 is 1.68. The number of rotatable bonds is 5.